The van der Waals surface area contributed by atoms with Crippen LogP contribution in [0.25, 0.3) is 0 Å². The second-order valence-corrected chi connectivity index (χ2v) is 8.09. The Morgan fingerprint density at radius 2 is 2.00 bits per heavy atom. The molecule has 2 aromatic rings. The van der Waals surface area contributed by atoms with E-state index in [0.717, 1.165) is 9.87 Å². The molecule has 3 rings (SSSR count). The van der Waals surface area contributed by atoms with Crippen LogP contribution in [0.3, 0.4) is 0 Å². The van der Waals surface area contributed by atoms with E-state index in [1.54, 1.807) is 23.4 Å². The highest BCUT2D eigenvalue weighted by Crippen LogP contribution is 2.22. The zero-order valence-electron chi connectivity index (χ0n) is 14.4. The predicted octanol–water partition coefficient (Wildman–Crippen LogP) is 0.270. The van der Waals surface area contributed by atoms with Crippen molar-refractivity contribution in [3.8, 4) is 0 Å². The highest BCUT2D eigenvalue weighted by molar-refractivity contribution is 7.89. The Kier molecular flexibility index (Phi) is 5.60. The van der Waals surface area contributed by atoms with Crippen molar-refractivity contribution >= 4 is 15.9 Å². The maximum absolute atomic E-state index is 12.8. The van der Waals surface area contributed by atoms with E-state index in [-0.39, 0.29) is 23.4 Å². The third-order valence-electron chi connectivity index (χ3n) is 4.33. The van der Waals surface area contributed by atoms with E-state index < -0.39 is 10.0 Å². The number of pyridine rings is 2. The van der Waals surface area contributed by atoms with E-state index in [2.05, 4.69) is 15.3 Å². The van der Waals surface area contributed by atoms with Crippen LogP contribution in [0.15, 0.2) is 53.9 Å². The second kappa shape index (κ2) is 7.90. The highest BCUT2D eigenvalue weighted by atomic mass is 32.2. The van der Waals surface area contributed by atoms with Crippen molar-refractivity contribution in [1.82, 2.24) is 24.5 Å². The van der Waals surface area contributed by atoms with Crippen molar-refractivity contribution in [2.24, 2.45) is 0 Å². The summed E-state index contributed by atoms with van der Waals surface area (Å²) in [6.07, 6.45) is 6.19. The minimum Gasteiger partial charge on any atom is -0.332 e. The normalized spacial score (nSPS) is 18.1. The molecule has 0 radical (unpaired) electrons. The number of amides is 1. The average Bonchev–Trinajstić information content (AvgIpc) is 2.69. The lowest BCUT2D eigenvalue weighted by Crippen LogP contribution is -2.51. The van der Waals surface area contributed by atoms with Crippen LogP contribution in [0.4, 0.5) is 0 Å². The van der Waals surface area contributed by atoms with Crippen molar-refractivity contribution in [3.63, 3.8) is 0 Å². The Balaban J connectivity index is 1.75. The minimum absolute atomic E-state index is 0.0689. The third kappa shape index (κ3) is 3.90. The Morgan fingerprint density at radius 1 is 1.27 bits per heavy atom. The van der Waals surface area contributed by atoms with Gasteiger partial charge in [0.1, 0.15) is 4.90 Å². The quantitative estimate of drug-likeness (QED) is 0.806. The van der Waals surface area contributed by atoms with Crippen LogP contribution >= 0.6 is 0 Å². The maximum Gasteiger partial charge on any atom is 0.244 e. The summed E-state index contributed by atoms with van der Waals surface area (Å²) in [6.45, 7) is 1.56. The zero-order chi connectivity index (χ0) is 18.6. The zero-order valence-corrected chi connectivity index (χ0v) is 15.3. The number of rotatable bonds is 5. The van der Waals surface area contributed by atoms with Crippen molar-refractivity contribution in [3.05, 3.63) is 54.6 Å². The Labute approximate surface area is 152 Å². The monoisotopic (exact) mass is 375 g/mol. The molecule has 0 aromatic carbocycles. The number of hydrogen-bond donors (Lipinski definition) is 1. The first-order valence-corrected chi connectivity index (χ1v) is 9.70. The Bertz CT molecular complexity index is 845. The van der Waals surface area contributed by atoms with Gasteiger partial charge in [0.15, 0.2) is 0 Å². The van der Waals surface area contributed by atoms with E-state index in [0.29, 0.717) is 19.6 Å². The number of carbonyl (C=O) groups excluding carboxylic acids is 1. The number of likely N-dealkylation sites (N-methyl/N-ethyl adjacent to an activating group) is 1. The Morgan fingerprint density at radius 3 is 2.65 bits per heavy atom. The molecule has 0 spiro atoms. The number of aromatic nitrogens is 2. The van der Waals surface area contributed by atoms with E-state index in [4.69, 9.17) is 0 Å². The highest BCUT2D eigenvalue weighted by Gasteiger charge is 2.31. The molecule has 1 unspecified atom stereocenters. The van der Waals surface area contributed by atoms with Crippen LogP contribution in [0.1, 0.15) is 11.6 Å². The molecule has 1 aliphatic rings. The number of carbonyl (C=O) groups is 1. The summed E-state index contributed by atoms with van der Waals surface area (Å²) >= 11 is 0. The van der Waals surface area contributed by atoms with Gasteiger partial charge in [-0.25, -0.2) is 8.42 Å². The lowest BCUT2D eigenvalue weighted by Gasteiger charge is -2.37. The molecule has 1 fully saturated rings. The summed E-state index contributed by atoms with van der Waals surface area (Å²) in [5, 5.41) is 3.27. The summed E-state index contributed by atoms with van der Waals surface area (Å²) < 4.78 is 26.3. The summed E-state index contributed by atoms with van der Waals surface area (Å²) in [4.78, 5) is 22.6. The molecule has 0 saturated carbocycles. The molecule has 9 heteroatoms. The molecular weight excluding hydrogens is 354 g/mol. The number of hydrogen-bond acceptors (Lipinski definition) is 6. The molecule has 138 valence electrons. The molecule has 1 atom stereocenters. The van der Waals surface area contributed by atoms with E-state index >= 15 is 0 Å². The van der Waals surface area contributed by atoms with Crippen LogP contribution in [0.2, 0.25) is 0 Å². The third-order valence-corrected chi connectivity index (χ3v) is 6.12. The van der Waals surface area contributed by atoms with Gasteiger partial charge >= 0.3 is 0 Å². The van der Waals surface area contributed by atoms with Gasteiger partial charge in [-0.05, 0) is 23.8 Å². The van der Waals surface area contributed by atoms with E-state index in [1.807, 2.05) is 12.1 Å². The molecular formula is C17H21N5O3S. The first-order valence-electron chi connectivity index (χ1n) is 8.26. The van der Waals surface area contributed by atoms with E-state index in [1.165, 1.54) is 25.5 Å². The number of sulfonamides is 1. The van der Waals surface area contributed by atoms with Crippen LogP contribution in [0, 0.1) is 0 Å². The first kappa shape index (κ1) is 18.4. The molecule has 26 heavy (non-hydrogen) atoms. The number of nitrogens with zero attached hydrogens (tertiary/aromatic N) is 4. The molecule has 1 aliphatic heterocycles. The molecule has 8 nitrogen and oxygen atoms in total. The molecule has 2 aromatic heterocycles. The fourth-order valence-electron chi connectivity index (χ4n) is 2.92. The van der Waals surface area contributed by atoms with Crippen LogP contribution in [0.5, 0.6) is 0 Å². The number of piperazine rings is 1. The van der Waals surface area contributed by atoms with Crippen molar-refractivity contribution in [2.45, 2.75) is 10.9 Å². The SMILES string of the molecule is CN(CC(=O)N1CCNCC1c1cccnc1)S(=O)(=O)c1cccnc1. The lowest BCUT2D eigenvalue weighted by atomic mass is 10.1. The average molecular weight is 375 g/mol. The smallest absolute Gasteiger partial charge is 0.244 e. The van der Waals surface area contributed by atoms with Crippen LogP contribution in [-0.4, -0.2) is 66.7 Å². The summed E-state index contributed by atoms with van der Waals surface area (Å²) in [6, 6.07) is 6.59. The van der Waals surface area contributed by atoms with Gasteiger partial charge in [-0.1, -0.05) is 6.07 Å². The molecule has 3 heterocycles. The Hall–Kier alpha value is -2.36. The molecule has 1 amide bonds. The summed E-state index contributed by atoms with van der Waals surface area (Å²) in [7, 11) is -2.36. The largest absolute Gasteiger partial charge is 0.332 e. The van der Waals surface area contributed by atoms with Crippen molar-refractivity contribution in [2.75, 3.05) is 33.2 Å². The predicted molar refractivity (Wildman–Crippen MR) is 95.6 cm³/mol. The van der Waals surface area contributed by atoms with Crippen molar-refractivity contribution < 1.29 is 13.2 Å². The second-order valence-electron chi connectivity index (χ2n) is 6.04. The minimum atomic E-state index is -3.76. The van der Waals surface area contributed by atoms with Gasteiger partial charge in [-0.15, -0.1) is 0 Å². The number of nitrogens with one attached hydrogen (secondary N) is 1. The van der Waals surface area contributed by atoms with Gasteiger partial charge in [0, 0.05) is 51.5 Å². The summed E-state index contributed by atoms with van der Waals surface area (Å²) in [5.41, 5.74) is 0.922. The van der Waals surface area contributed by atoms with Gasteiger partial charge in [0.25, 0.3) is 0 Å². The van der Waals surface area contributed by atoms with E-state index in [9.17, 15) is 13.2 Å². The maximum atomic E-state index is 12.8. The van der Waals surface area contributed by atoms with Crippen LogP contribution in [-0.2, 0) is 14.8 Å². The van der Waals surface area contributed by atoms with Gasteiger partial charge in [-0.2, -0.15) is 4.31 Å². The summed E-state index contributed by atoms with van der Waals surface area (Å²) in [5.74, 6) is -0.240. The van der Waals surface area contributed by atoms with Gasteiger partial charge in [-0.3, -0.25) is 14.8 Å². The standard InChI is InChI=1S/C17H21N5O3S/c1-21(26(24,25)15-5-3-7-19-11-15)13-17(23)22-9-8-20-12-16(22)14-4-2-6-18-10-14/h2-7,10-11,16,20H,8-9,12-13H2,1H3. The first-order chi connectivity index (χ1) is 12.5. The van der Waals surface area contributed by atoms with Crippen molar-refractivity contribution in [1.29, 1.82) is 0 Å². The molecule has 1 N–H and O–H groups in total. The molecule has 0 aliphatic carbocycles. The molecule has 0 bridgehead atoms. The fraction of sp³-hybridized carbons (Fsp3) is 0.353. The molecule has 1 saturated heterocycles. The fourth-order valence-corrected chi connectivity index (χ4v) is 4.00. The lowest BCUT2D eigenvalue weighted by molar-refractivity contribution is -0.134. The topological polar surface area (TPSA) is 95.5 Å². The van der Waals surface area contributed by atoms with Crippen LogP contribution < -0.4 is 5.32 Å². The van der Waals surface area contributed by atoms with Gasteiger partial charge in [0.05, 0.1) is 12.6 Å². The van der Waals surface area contributed by atoms with Gasteiger partial charge in [0.2, 0.25) is 15.9 Å². The van der Waals surface area contributed by atoms with Gasteiger partial charge < -0.3 is 10.2 Å².